The van der Waals surface area contributed by atoms with E-state index in [2.05, 4.69) is 61.3 Å². The molecule has 6 nitrogen and oxygen atoms in total. The quantitative estimate of drug-likeness (QED) is 0.313. The van der Waals surface area contributed by atoms with Crippen molar-refractivity contribution in [3.63, 3.8) is 0 Å². The fraction of sp³-hybridized carbons (Fsp3) is 0.250. The minimum atomic E-state index is -0.720. The van der Waals surface area contributed by atoms with Gasteiger partial charge in [0.15, 0.2) is 0 Å². The first-order valence-electron chi connectivity index (χ1n) is 13.1. The lowest BCUT2D eigenvalue weighted by Gasteiger charge is -2.49. The van der Waals surface area contributed by atoms with Gasteiger partial charge in [-0.15, -0.1) is 0 Å². The summed E-state index contributed by atoms with van der Waals surface area (Å²) in [5, 5.41) is 8.86. The van der Waals surface area contributed by atoms with Gasteiger partial charge in [-0.1, -0.05) is 67.4 Å². The molecule has 2 aliphatic rings. The first kappa shape index (κ1) is 25.3. The van der Waals surface area contributed by atoms with Gasteiger partial charge in [0.05, 0.1) is 23.5 Å². The fourth-order valence-electron chi connectivity index (χ4n) is 5.94. The summed E-state index contributed by atoms with van der Waals surface area (Å²) in [6.45, 7) is 7.18. The number of nitrogens with one attached hydrogen (secondary N) is 1. The topological polar surface area (TPSA) is 59.4 Å². The molecule has 0 aliphatic carbocycles. The predicted molar refractivity (Wildman–Crippen MR) is 157 cm³/mol. The number of halogens is 1. The zero-order valence-corrected chi connectivity index (χ0v) is 23.3. The number of hydrogen-bond acceptors (Lipinski definition) is 4. The summed E-state index contributed by atoms with van der Waals surface area (Å²) in [6, 6.07) is 22.3. The highest BCUT2D eigenvalue weighted by molar-refractivity contribution is 6.32. The summed E-state index contributed by atoms with van der Waals surface area (Å²) in [7, 11) is 1.60. The molecule has 1 N–H and O–H groups in total. The number of aryl methyl sites for hydroxylation is 1. The number of methoxy groups -OCH3 is 1. The number of rotatable bonds is 5. The normalized spacial score (nSPS) is 19.6. The number of anilines is 1. The Morgan fingerprint density at radius 1 is 1.08 bits per heavy atom. The molecule has 1 atom stereocenters. The second kappa shape index (κ2) is 9.31. The van der Waals surface area contributed by atoms with Crippen molar-refractivity contribution in [1.29, 1.82) is 0 Å². The van der Waals surface area contributed by atoms with Gasteiger partial charge in [0.1, 0.15) is 11.4 Å². The molecule has 39 heavy (non-hydrogen) atoms. The fourth-order valence-corrected chi connectivity index (χ4v) is 6.20. The molecule has 0 unspecified atom stereocenters. The molecule has 1 saturated heterocycles. The number of benzene rings is 3. The lowest BCUT2D eigenvalue weighted by molar-refractivity contribution is -0.124. The smallest absolute Gasteiger partial charge is 0.223 e. The van der Waals surface area contributed by atoms with Crippen LogP contribution in [0.25, 0.3) is 23.0 Å². The lowest BCUT2D eigenvalue weighted by Crippen LogP contribution is -2.68. The largest absolute Gasteiger partial charge is 0.495 e. The molecule has 1 amide bonds. The van der Waals surface area contributed by atoms with Crippen molar-refractivity contribution in [3.05, 3.63) is 101 Å². The number of ether oxygens (including phenoxy) is 1. The van der Waals surface area contributed by atoms with Crippen LogP contribution in [0.2, 0.25) is 5.02 Å². The molecule has 1 fully saturated rings. The van der Waals surface area contributed by atoms with Crippen molar-refractivity contribution in [2.24, 2.45) is 0 Å². The average molecular weight is 539 g/mol. The van der Waals surface area contributed by atoms with Crippen LogP contribution in [-0.2, 0) is 10.2 Å². The Kier molecular flexibility index (Phi) is 6.03. The van der Waals surface area contributed by atoms with Crippen molar-refractivity contribution >= 4 is 29.3 Å². The molecular weight excluding hydrogens is 508 g/mol. The monoisotopic (exact) mass is 538 g/mol. The summed E-state index contributed by atoms with van der Waals surface area (Å²) in [5.41, 5.74) is 6.03. The van der Waals surface area contributed by atoms with Gasteiger partial charge >= 0.3 is 0 Å². The molecule has 0 saturated carbocycles. The van der Waals surface area contributed by atoms with E-state index in [4.69, 9.17) is 21.4 Å². The third kappa shape index (κ3) is 4.02. The molecule has 4 aromatic rings. The number of carbonyl (C=O) groups excluding carboxylic acids is 1. The molecule has 6 rings (SSSR count). The second-order valence-corrected chi connectivity index (χ2v) is 11.2. The van der Waals surface area contributed by atoms with Crippen molar-refractivity contribution in [1.82, 2.24) is 15.1 Å². The van der Waals surface area contributed by atoms with Gasteiger partial charge in [0.25, 0.3) is 0 Å². The summed E-state index contributed by atoms with van der Waals surface area (Å²) < 4.78 is 7.24. The first-order valence-corrected chi connectivity index (χ1v) is 13.5. The molecule has 3 heterocycles. The van der Waals surface area contributed by atoms with Gasteiger partial charge in [0.2, 0.25) is 5.91 Å². The van der Waals surface area contributed by atoms with Crippen molar-refractivity contribution in [3.8, 4) is 22.7 Å². The van der Waals surface area contributed by atoms with Crippen molar-refractivity contribution in [2.45, 2.75) is 38.3 Å². The molecule has 0 bridgehead atoms. The maximum Gasteiger partial charge on any atom is 0.223 e. The van der Waals surface area contributed by atoms with Crippen LogP contribution in [0.1, 0.15) is 37.0 Å². The summed E-state index contributed by atoms with van der Waals surface area (Å²) in [5.74, 6) is 0.663. The molecule has 0 spiro atoms. The Balaban J connectivity index is 1.50. The van der Waals surface area contributed by atoms with Gasteiger partial charge in [0, 0.05) is 41.4 Å². The number of hydrogen-bond donors (Lipinski definition) is 1. The molecule has 198 valence electrons. The summed E-state index contributed by atoms with van der Waals surface area (Å²) in [6.07, 6.45) is 6.70. The third-order valence-corrected chi connectivity index (χ3v) is 8.38. The first-order chi connectivity index (χ1) is 18.7. The van der Waals surface area contributed by atoms with Gasteiger partial charge in [-0.05, 0) is 55.0 Å². The van der Waals surface area contributed by atoms with Crippen LogP contribution in [0.5, 0.6) is 5.75 Å². The van der Waals surface area contributed by atoms with Crippen molar-refractivity contribution in [2.75, 3.05) is 18.6 Å². The van der Waals surface area contributed by atoms with E-state index < -0.39 is 5.66 Å². The Morgan fingerprint density at radius 3 is 2.62 bits per heavy atom. The van der Waals surface area contributed by atoms with Crippen LogP contribution in [0, 0.1) is 6.92 Å². The summed E-state index contributed by atoms with van der Waals surface area (Å²) in [4.78, 5) is 15.2. The van der Waals surface area contributed by atoms with Gasteiger partial charge in [-0.25, -0.2) is 4.68 Å². The highest BCUT2D eigenvalue weighted by atomic mass is 35.5. The predicted octanol–water partition coefficient (Wildman–Crippen LogP) is 6.54. The number of aromatic nitrogens is 2. The van der Waals surface area contributed by atoms with E-state index in [9.17, 15) is 4.79 Å². The van der Waals surface area contributed by atoms with Crippen LogP contribution in [0.4, 0.5) is 5.69 Å². The van der Waals surface area contributed by atoms with Crippen LogP contribution >= 0.6 is 11.6 Å². The van der Waals surface area contributed by atoms with E-state index in [1.807, 2.05) is 59.4 Å². The van der Waals surface area contributed by atoms with Gasteiger partial charge in [-0.2, -0.15) is 5.10 Å². The van der Waals surface area contributed by atoms with Crippen LogP contribution in [-0.4, -0.2) is 35.0 Å². The Bertz CT molecular complexity index is 1610. The molecule has 0 radical (unpaired) electrons. The van der Waals surface area contributed by atoms with E-state index in [0.29, 0.717) is 23.7 Å². The minimum absolute atomic E-state index is 0.0515. The Labute approximate surface area is 233 Å². The number of amides is 1. The number of fused-ring (bicyclic) bond motifs is 3. The number of para-hydroxylation sites is 1. The highest BCUT2D eigenvalue weighted by Crippen LogP contribution is 2.52. The van der Waals surface area contributed by atoms with E-state index in [1.54, 1.807) is 7.11 Å². The minimum Gasteiger partial charge on any atom is -0.495 e. The molecule has 1 aromatic heterocycles. The SMILES string of the molecule is COc1ccc(-c2nn(-c3ccccc3)cc2/C=C/[C@]23NC(=O)CCN2c2ccc(C)cc2C3(C)C)cc1Cl. The zero-order valence-electron chi connectivity index (χ0n) is 22.5. The van der Waals surface area contributed by atoms with Crippen LogP contribution < -0.4 is 15.0 Å². The number of carbonyl (C=O) groups is 1. The number of nitrogens with zero attached hydrogens (tertiary/aromatic N) is 3. The van der Waals surface area contributed by atoms with Gasteiger partial charge < -0.3 is 15.0 Å². The second-order valence-electron chi connectivity index (χ2n) is 10.8. The molecule has 7 heteroatoms. The maximum absolute atomic E-state index is 12.9. The van der Waals surface area contributed by atoms with E-state index >= 15 is 0 Å². The molecule has 3 aromatic carbocycles. The highest BCUT2D eigenvalue weighted by Gasteiger charge is 2.57. The lowest BCUT2D eigenvalue weighted by atomic mass is 9.74. The van der Waals surface area contributed by atoms with E-state index in [1.165, 1.54) is 11.1 Å². The van der Waals surface area contributed by atoms with E-state index in [-0.39, 0.29) is 11.3 Å². The van der Waals surface area contributed by atoms with Crippen LogP contribution in [0.15, 0.2) is 79.0 Å². The molecular formula is C32H31ClN4O2. The standard InChI is InChI=1S/C32H31ClN4O2/c1-21-10-12-27-25(18-21)31(2,3)32(34-29(38)15-17-36(27)32)16-14-23-20-37(24-8-6-5-7-9-24)35-30(23)22-11-13-28(39-4)26(33)19-22/h5-14,16,18-20H,15,17H2,1-4H3,(H,34,38)/b16-14+/t32-/m0/s1. The Hall–Kier alpha value is -4.03. The summed E-state index contributed by atoms with van der Waals surface area (Å²) >= 11 is 6.51. The van der Waals surface area contributed by atoms with Crippen molar-refractivity contribution < 1.29 is 9.53 Å². The molecule has 2 aliphatic heterocycles. The van der Waals surface area contributed by atoms with Crippen LogP contribution in [0.3, 0.4) is 0 Å². The average Bonchev–Trinajstić information content (AvgIpc) is 3.43. The zero-order chi connectivity index (χ0) is 27.4. The van der Waals surface area contributed by atoms with Gasteiger partial charge in [-0.3, -0.25) is 4.79 Å². The Morgan fingerprint density at radius 2 is 1.87 bits per heavy atom. The maximum atomic E-state index is 12.9. The third-order valence-electron chi connectivity index (χ3n) is 8.08. The van der Waals surface area contributed by atoms with E-state index in [0.717, 1.165) is 28.2 Å².